The molecular weight excluding hydrogens is 232 g/mol. The van der Waals surface area contributed by atoms with Gasteiger partial charge in [0.15, 0.2) is 5.82 Å². The lowest BCUT2D eigenvalue weighted by molar-refractivity contribution is 0.800. The fourth-order valence-electron chi connectivity index (χ4n) is 1.57. The van der Waals surface area contributed by atoms with E-state index in [0.29, 0.717) is 5.69 Å². The molecule has 0 aliphatic carbocycles. The van der Waals surface area contributed by atoms with Crippen LogP contribution >= 0.6 is 23.4 Å². The molecule has 1 aliphatic rings. The topological polar surface area (TPSA) is 55.0 Å². The molecule has 0 radical (unpaired) electrons. The fraction of sp³-hybridized carbons (Fsp3) is 0.556. The summed E-state index contributed by atoms with van der Waals surface area (Å²) >= 11 is 7.73. The van der Waals surface area contributed by atoms with Gasteiger partial charge in [0, 0.05) is 18.8 Å². The van der Waals surface area contributed by atoms with Crippen molar-refractivity contribution in [1.82, 2.24) is 9.97 Å². The molecule has 1 saturated heterocycles. The molecule has 15 heavy (non-hydrogen) atoms. The third-order valence-electron chi connectivity index (χ3n) is 2.29. The average molecular weight is 245 g/mol. The Morgan fingerprint density at radius 2 is 2.27 bits per heavy atom. The predicted octanol–water partition coefficient (Wildman–Crippen LogP) is 1.66. The number of aromatic nitrogens is 2. The number of nitrogens with two attached hydrogens (primary N) is 1. The van der Waals surface area contributed by atoms with Crippen LogP contribution in [0.3, 0.4) is 0 Å². The normalized spacial score (nSPS) is 17.5. The van der Waals surface area contributed by atoms with Crippen molar-refractivity contribution in [3.05, 3.63) is 11.5 Å². The first-order chi connectivity index (χ1) is 7.27. The van der Waals surface area contributed by atoms with Gasteiger partial charge < -0.3 is 10.6 Å². The highest BCUT2D eigenvalue weighted by Crippen LogP contribution is 2.23. The van der Waals surface area contributed by atoms with Gasteiger partial charge in [0.1, 0.15) is 0 Å². The van der Waals surface area contributed by atoms with Crippen LogP contribution in [-0.4, -0.2) is 34.6 Å². The highest BCUT2D eigenvalue weighted by Gasteiger charge is 2.14. The van der Waals surface area contributed by atoms with Gasteiger partial charge in [-0.25, -0.2) is 4.98 Å². The Kier molecular flexibility index (Phi) is 3.53. The number of nitrogens with zero attached hydrogens (tertiary/aromatic N) is 3. The van der Waals surface area contributed by atoms with E-state index in [1.807, 2.05) is 11.8 Å². The minimum absolute atomic E-state index is 0.260. The summed E-state index contributed by atoms with van der Waals surface area (Å²) in [5, 5.41) is 0.260. The Labute approximate surface area is 98.2 Å². The van der Waals surface area contributed by atoms with Crippen LogP contribution in [0.25, 0.3) is 0 Å². The first-order valence-electron chi connectivity index (χ1n) is 4.88. The summed E-state index contributed by atoms with van der Waals surface area (Å²) in [5.74, 6) is 3.09. The second-order valence-corrected chi connectivity index (χ2v) is 4.93. The van der Waals surface area contributed by atoms with E-state index >= 15 is 0 Å². The molecule has 4 nitrogen and oxygen atoms in total. The quantitative estimate of drug-likeness (QED) is 0.762. The van der Waals surface area contributed by atoms with Gasteiger partial charge in [-0.05, 0) is 23.8 Å². The van der Waals surface area contributed by atoms with E-state index in [4.69, 9.17) is 17.3 Å². The van der Waals surface area contributed by atoms with Crippen molar-refractivity contribution in [3.63, 3.8) is 0 Å². The summed E-state index contributed by atoms with van der Waals surface area (Å²) in [4.78, 5) is 10.2. The third-order valence-corrected chi connectivity index (χ3v) is 3.52. The Balaban J connectivity index is 2.22. The maximum absolute atomic E-state index is 5.84. The number of rotatable bonds is 1. The molecule has 0 atom stereocenters. The van der Waals surface area contributed by atoms with Crippen LogP contribution in [-0.2, 0) is 0 Å². The van der Waals surface area contributed by atoms with Crippen molar-refractivity contribution in [1.29, 1.82) is 0 Å². The maximum atomic E-state index is 5.84. The number of hydrogen-bond acceptors (Lipinski definition) is 5. The Morgan fingerprint density at radius 3 is 3.13 bits per heavy atom. The summed E-state index contributed by atoms with van der Waals surface area (Å²) in [7, 11) is 0. The fourth-order valence-corrected chi connectivity index (χ4v) is 2.59. The van der Waals surface area contributed by atoms with Gasteiger partial charge in [-0.1, -0.05) is 0 Å². The van der Waals surface area contributed by atoms with Crippen molar-refractivity contribution >= 4 is 34.9 Å². The minimum atomic E-state index is 0.260. The Hall–Kier alpha value is -0.680. The lowest BCUT2D eigenvalue weighted by Crippen LogP contribution is -2.27. The second kappa shape index (κ2) is 4.90. The monoisotopic (exact) mass is 244 g/mol. The largest absolute Gasteiger partial charge is 0.394 e. The van der Waals surface area contributed by atoms with Crippen molar-refractivity contribution in [3.8, 4) is 0 Å². The van der Waals surface area contributed by atoms with Crippen LogP contribution in [0.2, 0.25) is 5.28 Å². The molecule has 6 heteroatoms. The van der Waals surface area contributed by atoms with E-state index in [2.05, 4.69) is 14.9 Å². The van der Waals surface area contributed by atoms with Gasteiger partial charge >= 0.3 is 0 Å². The number of halogens is 1. The van der Waals surface area contributed by atoms with Crippen LogP contribution < -0.4 is 10.6 Å². The van der Waals surface area contributed by atoms with Crippen LogP contribution in [0.5, 0.6) is 0 Å². The summed E-state index contributed by atoms with van der Waals surface area (Å²) in [6.07, 6.45) is 2.73. The molecule has 0 spiro atoms. The maximum Gasteiger partial charge on any atom is 0.224 e. The van der Waals surface area contributed by atoms with E-state index in [1.54, 1.807) is 6.20 Å². The molecule has 82 valence electrons. The molecule has 0 aromatic carbocycles. The SMILES string of the molecule is Nc1cnc(Cl)nc1N1CCCSCC1. The predicted molar refractivity (Wildman–Crippen MR) is 65.6 cm³/mol. The molecule has 1 aliphatic heterocycles. The lowest BCUT2D eigenvalue weighted by atomic mass is 10.3. The van der Waals surface area contributed by atoms with E-state index in [0.717, 1.165) is 31.1 Å². The lowest BCUT2D eigenvalue weighted by Gasteiger charge is -2.22. The summed E-state index contributed by atoms with van der Waals surface area (Å²) in [6.45, 7) is 1.97. The van der Waals surface area contributed by atoms with Crippen LogP contribution in [0.1, 0.15) is 6.42 Å². The summed E-state index contributed by atoms with van der Waals surface area (Å²) < 4.78 is 0. The van der Waals surface area contributed by atoms with Crippen LogP contribution in [0.15, 0.2) is 6.20 Å². The molecule has 2 heterocycles. The highest BCUT2D eigenvalue weighted by atomic mass is 35.5. The number of anilines is 2. The first-order valence-corrected chi connectivity index (χ1v) is 6.41. The van der Waals surface area contributed by atoms with Crippen molar-refractivity contribution in [2.75, 3.05) is 35.2 Å². The number of nitrogen functional groups attached to an aromatic ring is 1. The molecule has 2 rings (SSSR count). The molecule has 2 N–H and O–H groups in total. The van der Waals surface area contributed by atoms with Crippen molar-refractivity contribution in [2.24, 2.45) is 0 Å². The van der Waals surface area contributed by atoms with Crippen LogP contribution in [0, 0.1) is 0 Å². The Bertz CT molecular complexity index is 339. The standard InChI is InChI=1S/C9H13ClN4S/c10-9-12-6-7(11)8(13-9)14-2-1-4-15-5-3-14/h6H,1-5,11H2. The molecule has 1 aromatic heterocycles. The van der Waals surface area contributed by atoms with E-state index in [9.17, 15) is 0 Å². The van der Waals surface area contributed by atoms with Gasteiger partial charge in [0.2, 0.25) is 5.28 Å². The Morgan fingerprint density at radius 1 is 1.40 bits per heavy atom. The molecule has 0 unspecified atom stereocenters. The molecular formula is C9H13ClN4S. The van der Waals surface area contributed by atoms with E-state index in [1.165, 1.54) is 5.75 Å². The molecule has 0 amide bonds. The number of thioether (sulfide) groups is 1. The van der Waals surface area contributed by atoms with Gasteiger partial charge in [0.05, 0.1) is 11.9 Å². The molecule has 0 bridgehead atoms. The zero-order valence-corrected chi connectivity index (χ0v) is 9.89. The van der Waals surface area contributed by atoms with E-state index in [-0.39, 0.29) is 5.28 Å². The van der Waals surface area contributed by atoms with Gasteiger partial charge in [-0.3, -0.25) is 0 Å². The van der Waals surface area contributed by atoms with Gasteiger partial charge in [-0.2, -0.15) is 16.7 Å². The molecule has 1 fully saturated rings. The van der Waals surface area contributed by atoms with Crippen LogP contribution in [0.4, 0.5) is 11.5 Å². The highest BCUT2D eigenvalue weighted by molar-refractivity contribution is 7.99. The first kappa shape index (κ1) is 10.8. The summed E-state index contributed by atoms with van der Waals surface area (Å²) in [6, 6.07) is 0. The average Bonchev–Trinajstić information content (AvgIpc) is 2.50. The number of hydrogen-bond donors (Lipinski definition) is 1. The second-order valence-electron chi connectivity index (χ2n) is 3.37. The molecule has 0 saturated carbocycles. The van der Waals surface area contributed by atoms with Gasteiger partial charge in [-0.15, -0.1) is 0 Å². The minimum Gasteiger partial charge on any atom is -0.394 e. The third kappa shape index (κ3) is 2.66. The van der Waals surface area contributed by atoms with Crippen molar-refractivity contribution in [2.45, 2.75) is 6.42 Å². The van der Waals surface area contributed by atoms with Gasteiger partial charge in [0.25, 0.3) is 0 Å². The smallest absolute Gasteiger partial charge is 0.224 e. The zero-order valence-electron chi connectivity index (χ0n) is 8.32. The molecule has 1 aromatic rings. The summed E-state index contributed by atoms with van der Waals surface area (Å²) in [5.41, 5.74) is 6.44. The zero-order chi connectivity index (χ0) is 10.7. The van der Waals surface area contributed by atoms with Crippen molar-refractivity contribution < 1.29 is 0 Å². The van der Waals surface area contributed by atoms with E-state index < -0.39 is 0 Å².